The second-order valence-corrected chi connectivity index (χ2v) is 6.41. The fourth-order valence-electron chi connectivity index (χ4n) is 2.78. The lowest BCUT2D eigenvalue weighted by Gasteiger charge is -2.23. The summed E-state index contributed by atoms with van der Waals surface area (Å²) in [5.74, 6) is 1.05. The largest absolute Gasteiger partial charge is 0.490 e. The number of nitrogens with zero attached hydrogens (tertiary/aromatic N) is 2. The van der Waals surface area contributed by atoms with Gasteiger partial charge in [-0.3, -0.25) is 0 Å². The van der Waals surface area contributed by atoms with Crippen LogP contribution in [0.5, 0.6) is 5.75 Å². The van der Waals surface area contributed by atoms with E-state index in [-0.39, 0.29) is 11.1 Å². The first-order chi connectivity index (χ1) is 12.7. The van der Waals surface area contributed by atoms with E-state index in [4.69, 9.17) is 25.6 Å². The lowest BCUT2D eigenvalue weighted by Crippen LogP contribution is -2.25. The van der Waals surface area contributed by atoms with E-state index in [2.05, 4.69) is 10.1 Å². The number of rotatable bonds is 4. The van der Waals surface area contributed by atoms with Gasteiger partial charge in [0.2, 0.25) is 5.82 Å². The molecule has 3 aromatic rings. The first kappa shape index (κ1) is 17.0. The van der Waals surface area contributed by atoms with Crippen LogP contribution in [0.4, 0.5) is 4.39 Å². The minimum Gasteiger partial charge on any atom is -0.490 e. The Morgan fingerprint density at radius 3 is 2.58 bits per heavy atom. The molecule has 4 rings (SSSR count). The molecule has 0 unspecified atom stereocenters. The number of benzene rings is 2. The van der Waals surface area contributed by atoms with E-state index >= 15 is 0 Å². The van der Waals surface area contributed by atoms with Gasteiger partial charge in [0.25, 0.3) is 5.89 Å². The van der Waals surface area contributed by atoms with Crippen LogP contribution in [-0.4, -0.2) is 29.5 Å². The van der Waals surface area contributed by atoms with Gasteiger partial charge in [-0.15, -0.1) is 0 Å². The summed E-state index contributed by atoms with van der Waals surface area (Å²) in [5, 5.41) is 4.17. The summed E-state index contributed by atoms with van der Waals surface area (Å²) >= 11 is 6.05. The molecule has 0 radical (unpaired) electrons. The molecule has 7 heteroatoms. The molecule has 2 heterocycles. The summed E-state index contributed by atoms with van der Waals surface area (Å²) in [6, 6.07) is 11.5. The van der Waals surface area contributed by atoms with Crippen molar-refractivity contribution in [3.8, 4) is 28.6 Å². The van der Waals surface area contributed by atoms with Crippen LogP contribution in [0.1, 0.15) is 12.8 Å². The predicted octanol–water partition coefficient (Wildman–Crippen LogP) is 4.75. The molecule has 0 aliphatic carbocycles. The molecule has 0 saturated carbocycles. The molecular weight excluding hydrogens is 359 g/mol. The third-order valence-electron chi connectivity index (χ3n) is 4.17. The minimum absolute atomic E-state index is 0.185. The van der Waals surface area contributed by atoms with Crippen LogP contribution in [0, 0.1) is 5.82 Å². The molecule has 0 spiro atoms. The van der Waals surface area contributed by atoms with Crippen LogP contribution >= 0.6 is 11.6 Å². The summed E-state index contributed by atoms with van der Waals surface area (Å²) in [4.78, 5) is 4.34. The van der Waals surface area contributed by atoms with Crippen LogP contribution in [0.25, 0.3) is 22.8 Å². The lowest BCUT2D eigenvalue weighted by atomic mass is 10.1. The van der Waals surface area contributed by atoms with E-state index in [1.54, 1.807) is 0 Å². The topological polar surface area (TPSA) is 57.4 Å². The van der Waals surface area contributed by atoms with Crippen LogP contribution < -0.4 is 4.74 Å². The maximum Gasteiger partial charge on any atom is 0.258 e. The zero-order valence-corrected chi connectivity index (χ0v) is 14.6. The van der Waals surface area contributed by atoms with Gasteiger partial charge in [-0.05, 0) is 42.5 Å². The van der Waals surface area contributed by atoms with Gasteiger partial charge in [-0.25, -0.2) is 4.39 Å². The maximum absolute atomic E-state index is 13.2. The summed E-state index contributed by atoms with van der Waals surface area (Å²) in [6.45, 7) is 1.47. The number of aromatic nitrogens is 2. The molecule has 1 aliphatic rings. The summed E-state index contributed by atoms with van der Waals surface area (Å²) in [5.41, 5.74) is 1.28. The van der Waals surface area contributed by atoms with Gasteiger partial charge in [0, 0.05) is 24.0 Å². The van der Waals surface area contributed by atoms with Gasteiger partial charge in [0.05, 0.1) is 18.2 Å². The van der Waals surface area contributed by atoms with E-state index in [0.717, 1.165) is 37.4 Å². The SMILES string of the molecule is Fc1ccc(-c2noc(-c3ccc(OC4CCOCC4)cc3)n2)c(Cl)c1. The monoisotopic (exact) mass is 374 g/mol. The third kappa shape index (κ3) is 3.71. The summed E-state index contributed by atoms with van der Waals surface area (Å²) in [6.07, 6.45) is 1.98. The minimum atomic E-state index is -0.414. The molecule has 2 aromatic carbocycles. The number of hydrogen-bond acceptors (Lipinski definition) is 5. The van der Waals surface area contributed by atoms with Gasteiger partial charge in [-0.1, -0.05) is 16.8 Å². The quantitative estimate of drug-likeness (QED) is 0.659. The smallest absolute Gasteiger partial charge is 0.258 e. The van der Waals surface area contributed by atoms with Crippen molar-refractivity contribution < 1.29 is 18.4 Å². The van der Waals surface area contributed by atoms with Crippen molar-refractivity contribution in [1.82, 2.24) is 10.1 Å². The molecule has 1 fully saturated rings. The van der Waals surface area contributed by atoms with Gasteiger partial charge in [0.1, 0.15) is 17.7 Å². The van der Waals surface area contributed by atoms with Crippen LogP contribution in [0.15, 0.2) is 47.0 Å². The molecule has 1 aromatic heterocycles. The molecular formula is C19H16ClFN2O3. The Balaban J connectivity index is 1.50. The third-order valence-corrected chi connectivity index (χ3v) is 4.48. The number of hydrogen-bond donors (Lipinski definition) is 0. The molecule has 1 saturated heterocycles. The van der Waals surface area contributed by atoms with Crippen LogP contribution in [0.3, 0.4) is 0 Å². The van der Waals surface area contributed by atoms with Crippen molar-refractivity contribution in [2.75, 3.05) is 13.2 Å². The van der Waals surface area contributed by atoms with E-state index in [1.165, 1.54) is 18.2 Å². The van der Waals surface area contributed by atoms with Crippen molar-refractivity contribution in [3.05, 3.63) is 53.3 Å². The number of halogens is 2. The highest BCUT2D eigenvalue weighted by Crippen LogP contribution is 2.29. The molecule has 0 amide bonds. The molecule has 0 bridgehead atoms. The Morgan fingerprint density at radius 2 is 1.85 bits per heavy atom. The van der Waals surface area contributed by atoms with E-state index in [0.29, 0.717) is 17.3 Å². The molecule has 0 atom stereocenters. The standard InChI is InChI=1S/C19H16ClFN2O3/c20-17-11-13(21)3-6-16(17)18-22-19(26-23-18)12-1-4-14(5-2-12)25-15-7-9-24-10-8-15/h1-6,11,15H,7-10H2. The van der Waals surface area contributed by atoms with Crippen molar-refractivity contribution in [3.63, 3.8) is 0 Å². The van der Waals surface area contributed by atoms with Gasteiger partial charge >= 0.3 is 0 Å². The van der Waals surface area contributed by atoms with Crippen molar-refractivity contribution in [2.45, 2.75) is 18.9 Å². The van der Waals surface area contributed by atoms with Crippen LogP contribution in [0.2, 0.25) is 5.02 Å². The molecule has 26 heavy (non-hydrogen) atoms. The van der Waals surface area contributed by atoms with Gasteiger partial charge in [0.15, 0.2) is 0 Å². The van der Waals surface area contributed by atoms with Crippen molar-refractivity contribution in [1.29, 1.82) is 0 Å². The summed E-state index contributed by atoms with van der Waals surface area (Å²) in [7, 11) is 0. The van der Waals surface area contributed by atoms with E-state index in [9.17, 15) is 4.39 Å². The molecule has 1 aliphatic heterocycles. The van der Waals surface area contributed by atoms with E-state index < -0.39 is 5.82 Å². The van der Waals surface area contributed by atoms with E-state index in [1.807, 2.05) is 24.3 Å². The average molecular weight is 375 g/mol. The molecule has 134 valence electrons. The highest BCUT2D eigenvalue weighted by atomic mass is 35.5. The Hall–Kier alpha value is -2.44. The van der Waals surface area contributed by atoms with Crippen LogP contribution in [-0.2, 0) is 4.74 Å². The zero-order chi connectivity index (χ0) is 17.9. The van der Waals surface area contributed by atoms with Gasteiger partial charge < -0.3 is 14.0 Å². The zero-order valence-electron chi connectivity index (χ0n) is 13.8. The normalized spacial score (nSPS) is 15.2. The van der Waals surface area contributed by atoms with Crippen molar-refractivity contribution in [2.24, 2.45) is 0 Å². The lowest BCUT2D eigenvalue weighted by molar-refractivity contribution is 0.0256. The molecule has 0 N–H and O–H groups in total. The first-order valence-electron chi connectivity index (χ1n) is 8.33. The average Bonchev–Trinajstić information content (AvgIpc) is 3.13. The first-order valence-corrected chi connectivity index (χ1v) is 8.71. The molecule has 5 nitrogen and oxygen atoms in total. The Kier molecular flexibility index (Phi) is 4.86. The fraction of sp³-hybridized carbons (Fsp3) is 0.263. The predicted molar refractivity (Wildman–Crippen MR) is 94.6 cm³/mol. The fourth-order valence-corrected chi connectivity index (χ4v) is 3.04. The maximum atomic E-state index is 13.2. The number of ether oxygens (including phenoxy) is 2. The second-order valence-electron chi connectivity index (χ2n) is 6.00. The highest BCUT2D eigenvalue weighted by Gasteiger charge is 2.16. The van der Waals surface area contributed by atoms with Gasteiger partial charge in [-0.2, -0.15) is 4.98 Å². The second kappa shape index (κ2) is 7.43. The Labute approximate surface area is 154 Å². The van der Waals surface area contributed by atoms with Crippen molar-refractivity contribution >= 4 is 11.6 Å². The Morgan fingerprint density at radius 1 is 1.08 bits per heavy atom. The summed E-state index contributed by atoms with van der Waals surface area (Å²) < 4.78 is 29.8. The Bertz CT molecular complexity index is 892. The highest BCUT2D eigenvalue weighted by molar-refractivity contribution is 6.33.